The van der Waals surface area contributed by atoms with Gasteiger partial charge in [0.1, 0.15) is 0 Å². The lowest BCUT2D eigenvalue weighted by molar-refractivity contribution is 0.0870. The van der Waals surface area contributed by atoms with E-state index in [1.165, 1.54) is 45.1 Å². The summed E-state index contributed by atoms with van der Waals surface area (Å²) in [5, 5.41) is 12.9. The Balaban J connectivity index is 1.89. The van der Waals surface area contributed by atoms with Crippen LogP contribution >= 0.6 is 0 Å². The highest BCUT2D eigenvalue weighted by Gasteiger charge is 2.29. The average molecular weight is 268 g/mol. The van der Waals surface area contributed by atoms with Crippen LogP contribution in [0.15, 0.2) is 0 Å². The number of hydrogen-bond donors (Lipinski definition) is 2. The molecule has 2 N–H and O–H groups in total. The van der Waals surface area contributed by atoms with Crippen LogP contribution in [0.3, 0.4) is 0 Å². The number of aliphatic hydroxyl groups is 1. The molecule has 2 rings (SSSR count). The van der Waals surface area contributed by atoms with Crippen molar-refractivity contribution in [2.24, 2.45) is 11.8 Å². The molecule has 2 fully saturated rings. The molecule has 3 heteroatoms. The third-order valence-corrected chi connectivity index (χ3v) is 5.15. The van der Waals surface area contributed by atoms with E-state index in [-0.39, 0.29) is 0 Å². The van der Waals surface area contributed by atoms with Crippen LogP contribution in [0.2, 0.25) is 0 Å². The van der Waals surface area contributed by atoms with Gasteiger partial charge in [-0.15, -0.1) is 0 Å². The van der Waals surface area contributed by atoms with Gasteiger partial charge in [-0.25, -0.2) is 0 Å². The Kier molecular flexibility index (Phi) is 6.11. The highest BCUT2D eigenvalue weighted by Crippen LogP contribution is 2.32. The van der Waals surface area contributed by atoms with E-state index in [4.69, 9.17) is 0 Å². The topological polar surface area (TPSA) is 35.5 Å². The van der Waals surface area contributed by atoms with Crippen molar-refractivity contribution in [2.45, 2.75) is 64.5 Å². The Morgan fingerprint density at radius 3 is 2.68 bits per heavy atom. The monoisotopic (exact) mass is 268 g/mol. The molecule has 112 valence electrons. The standard InChI is InChI=1S/C16H32N2O/c1-13(2)14-5-3-7-16(11-14)18(9-10-19)12-15-6-4-8-17-15/h13-17,19H,3-12H2,1-2H3. The van der Waals surface area contributed by atoms with Crippen molar-refractivity contribution in [3.63, 3.8) is 0 Å². The first-order valence-corrected chi connectivity index (χ1v) is 8.29. The van der Waals surface area contributed by atoms with Crippen LogP contribution < -0.4 is 5.32 Å². The quantitative estimate of drug-likeness (QED) is 0.775. The van der Waals surface area contributed by atoms with Crippen molar-refractivity contribution < 1.29 is 5.11 Å². The van der Waals surface area contributed by atoms with Crippen LogP contribution in [-0.2, 0) is 0 Å². The predicted octanol–water partition coefficient (Wildman–Crippen LogP) is 2.25. The summed E-state index contributed by atoms with van der Waals surface area (Å²) in [7, 11) is 0. The SMILES string of the molecule is CC(C)C1CCCC(N(CCO)CC2CCCN2)C1. The maximum atomic E-state index is 9.35. The predicted molar refractivity (Wildman–Crippen MR) is 80.3 cm³/mol. The lowest BCUT2D eigenvalue weighted by atomic mass is 9.78. The number of nitrogens with zero attached hydrogens (tertiary/aromatic N) is 1. The van der Waals surface area contributed by atoms with Crippen LogP contribution in [0.5, 0.6) is 0 Å². The van der Waals surface area contributed by atoms with Gasteiger partial charge in [-0.2, -0.15) is 0 Å². The Labute approximate surface area is 118 Å². The summed E-state index contributed by atoms with van der Waals surface area (Å²) in [6.07, 6.45) is 8.07. The minimum atomic E-state index is 0.301. The van der Waals surface area contributed by atoms with Crippen LogP contribution in [0.25, 0.3) is 0 Å². The summed E-state index contributed by atoms with van der Waals surface area (Å²) in [5.41, 5.74) is 0. The molecule has 0 spiro atoms. The number of rotatable bonds is 6. The third-order valence-electron chi connectivity index (χ3n) is 5.15. The summed E-state index contributed by atoms with van der Waals surface area (Å²) in [6.45, 7) is 8.19. The molecule has 1 saturated heterocycles. The van der Waals surface area contributed by atoms with E-state index in [1.807, 2.05) is 0 Å². The lowest BCUT2D eigenvalue weighted by Crippen LogP contribution is -2.46. The van der Waals surface area contributed by atoms with Gasteiger partial charge in [0.15, 0.2) is 0 Å². The normalized spacial score (nSPS) is 32.4. The second kappa shape index (κ2) is 7.61. The van der Waals surface area contributed by atoms with Gasteiger partial charge >= 0.3 is 0 Å². The molecule has 3 unspecified atom stereocenters. The molecule has 2 aliphatic rings. The molecule has 1 aliphatic heterocycles. The molecule has 0 radical (unpaired) electrons. The molecule has 1 aliphatic carbocycles. The van der Waals surface area contributed by atoms with Crippen LogP contribution in [0.4, 0.5) is 0 Å². The Morgan fingerprint density at radius 1 is 1.21 bits per heavy atom. The number of hydrogen-bond acceptors (Lipinski definition) is 3. The third kappa shape index (κ3) is 4.44. The van der Waals surface area contributed by atoms with Gasteiger partial charge in [-0.1, -0.05) is 26.7 Å². The summed E-state index contributed by atoms with van der Waals surface area (Å²) in [5.74, 6) is 1.69. The first kappa shape index (κ1) is 15.3. The minimum absolute atomic E-state index is 0.301. The summed E-state index contributed by atoms with van der Waals surface area (Å²) in [4.78, 5) is 2.57. The molecule has 3 atom stereocenters. The van der Waals surface area contributed by atoms with Gasteiger partial charge in [-0.3, -0.25) is 4.90 Å². The van der Waals surface area contributed by atoms with Crippen molar-refractivity contribution in [2.75, 3.05) is 26.2 Å². The summed E-state index contributed by atoms with van der Waals surface area (Å²) in [6, 6.07) is 1.36. The average Bonchev–Trinajstić information content (AvgIpc) is 2.91. The molecule has 0 aromatic heterocycles. The Morgan fingerprint density at radius 2 is 2.05 bits per heavy atom. The number of aliphatic hydroxyl groups excluding tert-OH is 1. The van der Waals surface area contributed by atoms with Crippen molar-refractivity contribution in [1.82, 2.24) is 10.2 Å². The first-order chi connectivity index (χ1) is 9.20. The maximum Gasteiger partial charge on any atom is 0.0558 e. The van der Waals surface area contributed by atoms with Gasteiger partial charge in [0, 0.05) is 25.2 Å². The highest BCUT2D eigenvalue weighted by molar-refractivity contribution is 4.85. The van der Waals surface area contributed by atoms with Crippen molar-refractivity contribution in [3.05, 3.63) is 0 Å². The molecule has 1 heterocycles. The first-order valence-electron chi connectivity index (χ1n) is 8.29. The lowest BCUT2D eigenvalue weighted by Gasteiger charge is -2.39. The van der Waals surface area contributed by atoms with Crippen LogP contribution in [0.1, 0.15) is 52.4 Å². The van der Waals surface area contributed by atoms with E-state index >= 15 is 0 Å². The van der Waals surface area contributed by atoms with E-state index < -0.39 is 0 Å². The molecule has 0 aromatic rings. The molecule has 0 bridgehead atoms. The largest absolute Gasteiger partial charge is 0.395 e. The Bertz CT molecular complexity index is 251. The van der Waals surface area contributed by atoms with Gasteiger partial charge in [0.25, 0.3) is 0 Å². The minimum Gasteiger partial charge on any atom is -0.395 e. The fourth-order valence-electron chi connectivity index (χ4n) is 3.88. The van der Waals surface area contributed by atoms with Crippen molar-refractivity contribution in [3.8, 4) is 0 Å². The summed E-state index contributed by atoms with van der Waals surface area (Å²) < 4.78 is 0. The van der Waals surface area contributed by atoms with E-state index in [0.29, 0.717) is 18.7 Å². The van der Waals surface area contributed by atoms with Gasteiger partial charge in [0.2, 0.25) is 0 Å². The highest BCUT2D eigenvalue weighted by atomic mass is 16.3. The van der Waals surface area contributed by atoms with Gasteiger partial charge in [0.05, 0.1) is 6.61 Å². The molecule has 0 aromatic carbocycles. The van der Waals surface area contributed by atoms with E-state index in [0.717, 1.165) is 24.9 Å². The zero-order valence-electron chi connectivity index (χ0n) is 12.8. The second-order valence-corrected chi connectivity index (χ2v) is 6.84. The smallest absolute Gasteiger partial charge is 0.0558 e. The van der Waals surface area contributed by atoms with Gasteiger partial charge in [-0.05, 0) is 44.1 Å². The summed E-state index contributed by atoms with van der Waals surface area (Å²) >= 11 is 0. The van der Waals surface area contributed by atoms with Gasteiger partial charge < -0.3 is 10.4 Å². The van der Waals surface area contributed by atoms with Crippen molar-refractivity contribution >= 4 is 0 Å². The van der Waals surface area contributed by atoms with Crippen LogP contribution in [-0.4, -0.2) is 48.3 Å². The van der Waals surface area contributed by atoms with E-state index in [9.17, 15) is 5.11 Å². The van der Waals surface area contributed by atoms with E-state index in [1.54, 1.807) is 0 Å². The maximum absolute atomic E-state index is 9.35. The molecule has 19 heavy (non-hydrogen) atoms. The van der Waals surface area contributed by atoms with Crippen LogP contribution in [0, 0.1) is 11.8 Å². The fourth-order valence-corrected chi connectivity index (χ4v) is 3.88. The van der Waals surface area contributed by atoms with E-state index in [2.05, 4.69) is 24.1 Å². The number of nitrogens with one attached hydrogen (secondary N) is 1. The second-order valence-electron chi connectivity index (χ2n) is 6.84. The van der Waals surface area contributed by atoms with Crippen molar-refractivity contribution in [1.29, 1.82) is 0 Å². The zero-order chi connectivity index (χ0) is 13.7. The zero-order valence-corrected chi connectivity index (χ0v) is 12.8. The molecule has 1 saturated carbocycles. The molecular weight excluding hydrogens is 236 g/mol. The molecular formula is C16H32N2O. The Hall–Kier alpha value is -0.120. The molecule has 3 nitrogen and oxygen atoms in total. The molecule has 0 amide bonds. The fraction of sp³-hybridized carbons (Fsp3) is 1.00.